The van der Waals surface area contributed by atoms with Crippen LogP contribution in [0.25, 0.3) is 0 Å². The average molecular weight is 314 g/mol. The lowest BCUT2D eigenvalue weighted by atomic mass is 10.0. The highest BCUT2D eigenvalue weighted by Crippen LogP contribution is 2.26. The quantitative estimate of drug-likeness (QED) is 0.897. The number of ether oxygens (including phenoxy) is 1. The van der Waals surface area contributed by atoms with E-state index in [1.54, 1.807) is 12.1 Å². The lowest BCUT2D eigenvalue weighted by Crippen LogP contribution is -2.21. The van der Waals surface area contributed by atoms with Gasteiger partial charge < -0.3 is 15.2 Å². The zero-order valence-corrected chi connectivity index (χ0v) is 11.7. The van der Waals surface area contributed by atoms with Crippen LogP contribution in [0.15, 0.2) is 22.7 Å². The number of benzene rings is 1. The zero-order chi connectivity index (χ0) is 13.1. The molecule has 1 aromatic rings. The summed E-state index contributed by atoms with van der Waals surface area (Å²) in [5.41, 5.74) is 0.931. The molecule has 2 unspecified atom stereocenters. The monoisotopic (exact) mass is 313 g/mol. The van der Waals surface area contributed by atoms with Crippen molar-refractivity contribution in [3.63, 3.8) is 0 Å². The van der Waals surface area contributed by atoms with Crippen LogP contribution in [0.5, 0.6) is 0 Å². The molecule has 1 aliphatic heterocycles. The normalized spacial score (nSPS) is 23.0. The number of anilines is 1. The predicted molar refractivity (Wildman–Crippen MR) is 73.1 cm³/mol. The molecule has 18 heavy (non-hydrogen) atoms. The van der Waals surface area contributed by atoms with E-state index in [4.69, 9.17) is 4.74 Å². The number of halogens is 1. The molecule has 2 rings (SSSR count). The first kappa shape index (κ1) is 13.4. The van der Waals surface area contributed by atoms with Crippen molar-refractivity contribution in [2.75, 3.05) is 18.5 Å². The van der Waals surface area contributed by atoms with Crippen molar-refractivity contribution in [3.8, 4) is 0 Å². The SMILES string of the molecule is CC1OCCC1CNc1cccc(Br)c1C(=O)O. The third-order valence-electron chi connectivity index (χ3n) is 3.32. The number of nitrogens with one attached hydrogen (secondary N) is 1. The zero-order valence-electron chi connectivity index (χ0n) is 10.1. The van der Waals surface area contributed by atoms with Gasteiger partial charge in [0.15, 0.2) is 0 Å². The predicted octanol–water partition coefficient (Wildman–Crippen LogP) is 2.98. The molecule has 4 nitrogen and oxygen atoms in total. The summed E-state index contributed by atoms with van der Waals surface area (Å²) in [4.78, 5) is 11.2. The molecule has 1 heterocycles. The molecular formula is C13H16BrNO3. The summed E-state index contributed by atoms with van der Waals surface area (Å²) in [5, 5.41) is 12.4. The molecule has 0 aliphatic carbocycles. The van der Waals surface area contributed by atoms with Crippen LogP contribution < -0.4 is 5.32 Å². The second-order valence-corrected chi connectivity index (χ2v) is 5.33. The molecule has 0 saturated carbocycles. The molecule has 2 atom stereocenters. The Morgan fingerprint density at radius 1 is 1.61 bits per heavy atom. The summed E-state index contributed by atoms with van der Waals surface area (Å²) >= 11 is 3.27. The van der Waals surface area contributed by atoms with Crippen molar-refractivity contribution < 1.29 is 14.6 Å². The van der Waals surface area contributed by atoms with Crippen molar-refractivity contribution in [2.24, 2.45) is 5.92 Å². The summed E-state index contributed by atoms with van der Waals surface area (Å²) in [6.45, 7) is 3.58. The third-order valence-corrected chi connectivity index (χ3v) is 3.98. The topological polar surface area (TPSA) is 58.6 Å². The van der Waals surface area contributed by atoms with E-state index in [-0.39, 0.29) is 11.7 Å². The Morgan fingerprint density at radius 2 is 2.39 bits per heavy atom. The minimum Gasteiger partial charge on any atom is -0.478 e. The Morgan fingerprint density at radius 3 is 3.00 bits per heavy atom. The van der Waals surface area contributed by atoms with Gasteiger partial charge in [-0.25, -0.2) is 4.79 Å². The molecule has 5 heteroatoms. The third kappa shape index (κ3) is 2.84. The number of carboxylic acid groups (broad SMARTS) is 1. The van der Waals surface area contributed by atoms with Crippen molar-refractivity contribution >= 4 is 27.6 Å². The molecule has 0 spiro atoms. The van der Waals surface area contributed by atoms with Gasteiger partial charge in [0.25, 0.3) is 0 Å². The van der Waals surface area contributed by atoms with Gasteiger partial charge in [-0.1, -0.05) is 6.07 Å². The van der Waals surface area contributed by atoms with E-state index in [9.17, 15) is 9.90 Å². The molecule has 2 N–H and O–H groups in total. The first-order valence-electron chi connectivity index (χ1n) is 5.97. The Balaban J connectivity index is 2.09. The highest BCUT2D eigenvalue weighted by molar-refractivity contribution is 9.10. The van der Waals surface area contributed by atoms with Crippen LogP contribution in [0.4, 0.5) is 5.69 Å². The van der Waals surface area contributed by atoms with E-state index in [1.165, 1.54) is 0 Å². The van der Waals surface area contributed by atoms with Gasteiger partial charge in [-0.2, -0.15) is 0 Å². The largest absolute Gasteiger partial charge is 0.478 e. The minimum absolute atomic E-state index is 0.234. The van der Waals surface area contributed by atoms with E-state index >= 15 is 0 Å². The number of carboxylic acids is 1. The maximum Gasteiger partial charge on any atom is 0.338 e. The fourth-order valence-electron chi connectivity index (χ4n) is 2.17. The Kier molecular flexibility index (Phi) is 4.24. The van der Waals surface area contributed by atoms with Crippen LogP contribution in [0.1, 0.15) is 23.7 Å². The van der Waals surface area contributed by atoms with Crippen LogP contribution in [-0.2, 0) is 4.74 Å². The fraction of sp³-hybridized carbons (Fsp3) is 0.462. The van der Waals surface area contributed by atoms with Gasteiger partial charge in [0.1, 0.15) is 0 Å². The molecule has 0 aromatic heterocycles. The van der Waals surface area contributed by atoms with Gasteiger partial charge in [-0.15, -0.1) is 0 Å². The molecule has 0 radical (unpaired) electrons. The van der Waals surface area contributed by atoms with Gasteiger partial charge in [0, 0.05) is 29.2 Å². The summed E-state index contributed by atoms with van der Waals surface area (Å²) in [6, 6.07) is 5.35. The maximum atomic E-state index is 11.2. The first-order chi connectivity index (χ1) is 8.59. The van der Waals surface area contributed by atoms with Crippen molar-refractivity contribution in [2.45, 2.75) is 19.4 Å². The minimum atomic E-state index is -0.930. The second kappa shape index (κ2) is 5.71. The fourth-order valence-corrected chi connectivity index (χ4v) is 2.71. The highest BCUT2D eigenvalue weighted by Gasteiger charge is 2.24. The number of rotatable bonds is 4. The summed E-state index contributed by atoms with van der Waals surface area (Å²) in [7, 11) is 0. The van der Waals surface area contributed by atoms with Crippen molar-refractivity contribution in [1.82, 2.24) is 0 Å². The molecule has 1 aliphatic rings. The van der Waals surface area contributed by atoms with Crippen molar-refractivity contribution in [3.05, 3.63) is 28.2 Å². The molecular weight excluding hydrogens is 298 g/mol. The number of hydrogen-bond acceptors (Lipinski definition) is 3. The lowest BCUT2D eigenvalue weighted by Gasteiger charge is -2.17. The second-order valence-electron chi connectivity index (χ2n) is 4.47. The average Bonchev–Trinajstić information content (AvgIpc) is 2.71. The molecule has 0 bridgehead atoms. The molecule has 0 amide bonds. The van der Waals surface area contributed by atoms with Crippen LogP contribution >= 0.6 is 15.9 Å². The summed E-state index contributed by atoms with van der Waals surface area (Å²) in [6.07, 6.45) is 1.25. The first-order valence-corrected chi connectivity index (χ1v) is 6.76. The Bertz CT molecular complexity index is 450. The maximum absolute atomic E-state index is 11.2. The van der Waals surface area contributed by atoms with E-state index in [1.807, 2.05) is 6.07 Å². The van der Waals surface area contributed by atoms with E-state index in [0.29, 0.717) is 16.1 Å². The molecule has 1 aromatic carbocycles. The smallest absolute Gasteiger partial charge is 0.338 e. The summed E-state index contributed by atoms with van der Waals surface area (Å²) in [5.74, 6) is -0.494. The number of carbonyl (C=O) groups is 1. The summed E-state index contributed by atoms with van der Waals surface area (Å²) < 4.78 is 6.08. The van der Waals surface area contributed by atoms with E-state index in [0.717, 1.165) is 19.6 Å². The highest BCUT2D eigenvalue weighted by atomic mass is 79.9. The Labute approximate surface area is 114 Å². The number of hydrogen-bond donors (Lipinski definition) is 2. The molecule has 1 saturated heterocycles. The Hall–Kier alpha value is -1.07. The van der Waals surface area contributed by atoms with E-state index < -0.39 is 5.97 Å². The molecule has 98 valence electrons. The standard InChI is InChI=1S/C13H16BrNO3/c1-8-9(5-6-18-8)7-15-11-4-2-3-10(14)12(11)13(16)17/h2-4,8-9,15H,5-7H2,1H3,(H,16,17). The van der Waals surface area contributed by atoms with Gasteiger partial charge in [0.05, 0.1) is 11.7 Å². The lowest BCUT2D eigenvalue weighted by molar-refractivity contribution is 0.0697. The number of aromatic carboxylic acids is 1. The van der Waals surface area contributed by atoms with Gasteiger partial charge >= 0.3 is 5.97 Å². The van der Waals surface area contributed by atoms with Crippen LogP contribution in [0, 0.1) is 5.92 Å². The van der Waals surface area contributed by atoms with E-state index in [2.05, 4.69) is 28.2 Å². The van der Waals surface area contributed by atoms with Crippen LogP contribution in [0.3, 0.4) is 0 Å². The van der Waals surface area contributed by atoms with Gasteiger partial charge in [-0.05, 0) is 41.4 Å². The van der Waals surface area contributed by atoms with Gasteiger partial charge in [0.2, 0.25) is 0 Å². The van der Waals surface area contributed by atoms with Crippen molar-refractivity contribution in [1.29, 1.82) is 0 Å². The molecule has 1 fully saturated rings. The van der Waals surface area contributed by atoms with Gasteiger partial charge in [-0.3, -0.25) is 0 Å². The van der Waals surface area contributed by atoms with Crippen LogP contribution in [0.2, 0.25) is 0 Å². The van der Waals surface area contributed by atoms with Crippen LogP contribution in [-0.4, -0.2) is 30.3 Å².